The molecule has 2 saturated heterocycles. The third-order valence-electron chi connectivity index (χ3n) is 20.5. The van der Waals surface area contributed by atoms with Crippen molar-refractivity contribution in [2.24, 2.45) is 0 Å². The second-order valence-electron chi connectivity index (χ2n) is 28.5. The molecular weight excluding hydrogens is 1490 g/mol. The van der Waals surface area contributed by atoms with E-state index in [1.807, 2.05) is 224 Å². The fourth-order valence-corrected chi connectivity index (χ4v) is 14.0. The molecule has 0 aliphatic carbocycles. The number of hydrogen-bond acceptors (Lipinski definition) is 12. The Balaban J connectivity index is 0.000000124. The number of piperazine rings is 1. The largest absolute Gasteiger partial charge is 0.372 e. The van der Waals surface area contributed by atoms with Gasteiger partial charge in [0.25, 0.3) is 0 Å². The number of fused-ring (bicyclic) bond motifs is 6. The van der Waals surface area contributed by atoms with Crippen LogP contribution in [0.5, 0.6) is 0 Å². The van der Waals surface area contributed by atoms with Crippen molar-refractivity contribution in [2.45, 2.75) is 61.3 Å². The van der Waals surface area contributed by atoms with Crippen LogP contribution in [0, 0.1) is 38.5 Å². The topological polar surface area (TPSA) is 126 Å². The molecule has 20 rings (SSSR count). The number of hydrogen-bond donors (Lipinski definition) is 0. The lowest BCUT2D eigenvalue weighted by atomic mass is 10.0. The van der Waals surface area contributed by atoms with Crippen LogP contribution in [0.2, 0.25) is 0 Å². The highest BCUT2D eigenvalue weighted by Gasteiger charge is 2.19. The Morgan fingerprint density at radius 2 is 0.733 bits per heavy atom. The minimum Gasteiger partial charge on any atom is -0.372 e. The molecular formula is C104H96F4N12. The van der Waals surface area contributed by atoms with Crippen molar-refractivity contribution < 1.29 is 17.6 Å². The zero-order valence-electron chi connectivity index (χ0n) is 68.7. The maximum absolute atomic E-state index is 14.0. The average Bonchev–Trinajstić information content (AvgIpc) is 0.972. The second-order valence-corrected chi connectivity index (χ2v) is 28.5. The molecule has 0 bridgehead atoms. The maximum Gasteiger partial charge on any atom is 0.221 e. The second kappa shape index (κ2) is 41.8. The lowest BCUT2D eigenvalue weighted by Crippen LogP contribution is -2.47. The van der Waals surface area contributed by atoms with Crippen molar-refractivity contribution in [3.8, 4) is 67.5 Å². The lowest BCUT2D eigenvalue weighted by Gasteiger charge is -2.35. The van der Waals surface area contributed by atoms with E-state index in [9.17, 15) is 17.6 Å². The summed E-state index contributed by atoms with van der Waals surface area (Å²) in [7, 11) is 0. The van der Waals surface area contributed by atoms with Gasteiger partial charge in [0.05, 0.1) is 67.3 Å². The van der Waals surface area contributed by atoms with Crippen LogP contribution in [-0.2, 0) is 0 Å². The summed E-state index contributed by atoms with van der Waals surface area (Å²) < 4.78 is 53.8. The van der Waals surface area contributed by atoms with Crippen LogP contribution in [0.25, 0.3) is 133 Å². The summed E-state index contributed by atoms with van der Waals surface area (Å²) in [5, 5.41) is 6.07. The molecule has 11 heterocycles. The molecule has 120 heavy (non-hydrogen) atoms. The van der Waals surface area contributed by atoms with E-state index in [2.05, 4.69) is 159 Å². The smallest absolute Gasteiger partial charge is 0.221 e. The van der Waals surface area contributed by atoms with E-state index in [1.165, 1.54) is 54.3 Å². The Bertz CT molecular complexity index is 6350. The molecule has 0 unspecified atom stereocenters. The molecule has 2 fully saturated rings. The van der Waals surface area contributed by atoms with Crippen LogP contribution in [0.3, 0.4) is 0 Å². The van der Waals surface area contributed by atoms with Gasteiger partial charge in [0, 0.05) is 153 Å². The summed E-state index contributed by atoms with van der Waals surface area (Å²) in [4.78, 5) is 46.3. The van der Waals surface area contributed by atoms with Gasteiger partial charge in [0.15, 0.2) is 0 Å². The molecule has 12 nitrogen and oxygen atoms in total. The third-order valence-corrected chi connectivity index (χ3v) is 20.5. The van der Waals surface area contributed by atoms with Crippen LogP contribution >= 0.6 is 0 Å². The van der Waals surface area contributed by atoms with Crippen molar-refractivity contribution in [1.82, 2.24) is 49.8 Å². The summed E-state index contributed by atoms with van der Waals surface area (Å²) in [5.41, 5.74) is 21.0. The van der Waals surface area contributed by atoms with Crippen LogP contribution in [0.1, 0.15) is 57.4 Å². The molecule has 0 saturated carbocycles. The molecule has 18 aromatic rings. The van der Waals surface area contributed by atoms with Gasteiger partial charge in [-0.2, -0.15) is 8.78 Å². The van der Waals surface area contributed by atoms with Crippen molar-refractivity contribution in [2.75, 3.05) is 62.3 Å². The number of aromatic nitrogens is 9. The van der Waals surface area contributed by atoms with Crippen molar-refractivity contribution in [1.29, 1.82) is 0 Å². The van der Waals surface area contributed by atoms with Crippen LogP contribution in [-0.4, -0.2) is 102 Å². The third kappa shape index (κ3) is 21.9. The number of nitrogens with zero attached hydrogens (tertiary/aromatic N) is 12. The van der Waals surface area contributed by atoms with E-state index in [0.717, 1.165) is 120 Å². The first kappa shape index (κ1) is 84.1. The van der Waals surface area contributed by atoms with Gasteiger partial charge in [0.1, 0.15) is 12.5 Å². The number of anilines is 2. The highest BCUT2D eigenvalue weighted by Crippen LogP contribution is 2.31. The number of pyridine rings is 9. The molecule has 0 atom stereocenters. The maximum atomic E-state index is 14.0. The summed E-state index contributed by atoms with van der Waals surface area (Å²) >= 11 is 0. The van der Waals surface area contributed by atoms with Gasteiger partial charge < -0.3 is 9.80 Å². The Labute approximate surface area is 699 Å². The van der Waals surface area contributed by atoms with Crippen molar-refractivity contribution in [3.05, 3.63) is 369 Å². The number of halogens is 4. The monoisotopic (exact) mass is 1590 g/mol. The average molecular weight is 1590 g/mol. The lowest BCUT2D eigenvalue weighted by molar-refractivity contribution is 0.235. The first-order valence-electron chi connectivity index (χ1n) is 41.0. The van der Waals surface area contributed by atoms with E-state index in [1.54, 1.807) is 43.6 Å². The van der Waals surface area contributed by atoms with E-state index < -0.39 is 11.9 Å². The van der Waals surface area contributed by atoms with Crippen molar-refractivity contribution in [3.63, 3.8) is 0 Å². The first-order valence-corrected chi connectivity index (χ1v) is 41.0. The first-order chi connectivity index (χ1) is 58.9. The highest BCUT2D eigenvalue weighted by molar-refractivity contribution is 5.87. The quantitative estimate of drug-likeness (QED) is 0.0956. The SMILES string of the molecule is CC.CC.Cc1ccc(-c2cc(F)c3ccccc3n2)cn1.Cc1ccc(-c2cc3ccccc3nc2F)cc1.Cc1ccc(-c2ccc3ccccc3n2)nc1F.FCCN1CCN(c2ccc(-c3ccc4ccccc4n3)cc2)CC1.c1ccc2nc(-c3ccc(N4CCCC4)cc3)ccc2c1.c1cncc(-c2ccc3ccccc3n2)c1. The number of para-hydroxylation sites is 6. The van der Waals surface area contributed by atoms with E-state index in [0.29, 0.717) is 51.2 Å². The zero-order chi connectivity index (χ0) is 83.5. The molecule has 9 aromatic heterocycles. The molecule has 2 aliphatic rings. The fraction of sp³-hybridized carbons (Fsp3) is 0.163. The summed E-state index contributed by atoms with van der Waals surface area (Å²) in [5.74, 6) is -1.11. The number of aryl methyl sites for hydroxylation is 3. The van der Waals surface area contributed by atoms with Gasteiger partial charge in [-0.25, -0.2) is 43.7 Å². The summed E-state index contributed by atoms with van der Waals surface area (Å²) in [6.45, 7) is 20.1. The minimum atomic E-state index is -0.442. The molecule has 0 amide bonds. The van der Waals surface area contributed by atoms with Gasteiger partial charge in [0.2, 0.25) is 11.9 Å². The minimum absolute atomic E-state index is 0.254. The normalized spacial score (nSPS) is 12.2. The number of alkyl halides is 1. The molecule has 0 N–H and O–H groups in total. The highest BCUT2D eigenvalue weighted by atomic mass is 19.1. The number of rotatable bonds is 10. The Morgan fingerprint density at radius 1 is 0.317 bits per heavy atom. The van der Waals surface area contributed by atoms with Gasteiger partial charge in [-0.15, -0.1) is 0 Å². The summed E-state index contributed by atoms with van der Waals surface area (Å²) in [6.07, 6.45) is 7.94. The Hall–Kier alpha value is -13.8. The van der Waals surface area contributed by atoms with Gasteiger partial charge in [-0.3, -0.25) is 14.9 Å². The molecule has 0 spiro atoms. The van der Waals surface area contributed by atoms with Crippen molar-refractivity contribution >= 4 is 76.8 Å². The van der Waals surface area contributed by atoms with E-state index in [4.69, 9.17) is 9.97 Å². The Morgan fingerprint density at radius 3 is 1.23 bits per heavy atom. The Kier molecular flexibility index (Phi) is 29.3. The predicted octanol–water partition coefficient (Wildman–Crippen LogP) is 25.7. The van der Waals surface area contributed by atoms with Crippen LogP contribution in [0.4, 0.5) is 28.9 Å². The fourth-order valence-electron chi connectivity index (χ4n) is 14.0. The predicted molar refractivity (Wildman–Crippen MR) is 489 cm³/mol. The number of benzene rings is 9. The zero-order valence-corrected chi connectivity index (χ0v) is 68.7. The molecule has 16 heteroatoms. The van der Waals surface area contributed by atoms with E-state index >= 15 is 0 Å². The van der Waals surface area contributed by atoms with Gasteiger partial charge in [-0.05, 0) is 167 Å². The molecule has 0 radical (unpaired) electrons. The standard InChI is InChI=1S/C21H22FN3.C19H18N2.C16H12FN.2C15H11FN2.C14H10N2.2C2H6/c22-11-12-24-13-15-25(16-14-24)19-8-5-18(6-9-19)21-10-7-17-3-1-2-4-20(17)23-21;1-2-6-18-15(5-1)9-12-19(20-18)16-7-10-17(11-8-16)21-13-3-4-14-21;1-11-6-8-12(9-7-11)14-10-13-4-2-3-5-15(13)18-16(14)17;1-10-6-8-14(18-15(10)16)13-9-7-11-4-2-3-5-12(11)17-13;1-10-6-7-11(9-17-10)15-8-13(16)12-4-2-3-5-14(12)18-15;1-2-6-13-11(4-1)7-8-14(16-13)12-5-3-9-15-10-12;2*1-2/h1-10H,11-16H2;1-2,5-12H,3-4,13-14H2;2-10H,1H3;2*2-9H,1H3;1-10H;2*1-2H3. The van der Waals surface area contributed by atoms with Crippen LogP contribution in [0.15, 0.2) is 334 Å². The summed E-state index contributed by atoms with van der Waals surface area (Å²) in [6, 6.07) is 103. The van der Waals surface area contributed by atoms with Gasteiger partial charge in [-0.1, -0.05) is 215 Å². The van der Waals surface area contributed by atoms with Gasteiger partial charge >= 0.3 is 0 Å². The molecule has 600 valence electrons. The molecule has 2 aliphatic heterocycles. The van der Waals surface area contributed by atoms with E-state index in [-0.39, 0.29) is 12.5 Å². The molecule has 9 aromatic carbocycles. The van der Waals surface area contributed by atoms with Crippen LogP contribution < -0.4 is 9.80 Å².